The summed E-state index contributed by atoms with van der Waals surface area (Å²) in [6.07, 6.45) is 1.67. The van der Waals surface area contributed by atoms with Crippen molar-refractivity contribution in [3.63, 3.8) is 0 Å². The second kappa shape index (κ2) is 10.3. The summed E-state index contributed by atoms with van der Waals surface area (Å²) in [6.45, 7) is 4.67. The van der Waals surface area contributed by atoms with E-state index in [1.165, 1.54) is 38.5 Å². The number of aromatic nitrogens is 2. The maximum atomic E-state index is 5.11. The molecule has 0 bridgehead atoms. The standard InChI is InChI=1S/C41H33N5/c1-41(2)33-19-11-9-17-29(33)31-23-32-30-18-10-12-20-35(30)46(36(32)24-34(31)41)37-22-21-28(25-42-37)40-44-38(26-13-5-3-6-14-26)43-39(45-40)27-15-7-4-8-16-27/h3-25,38-39,43H,1-2H3,(H,44,45). The van der Waals surface area contributed by atoms with E-state index in [0.29, 0.717) is 0 Å². The number of rotatable bonds is 4. The van der Waals surface area contributed by atoms with Gasteiger partial charge in [-0.3, -0.25) is 9.88 Å². The highest BCUT2D eigenvalue weighted by atomic mass is 15.3. The Morgan fingerprint density at radius 3 is 2.13 bits per heavy atom. The van der Waals surface area contributed by atoms with Crippen molar-refractivity contribution in [2.75, 3.05) is 0 Å². The minimum absolute atomic E-state index is 0.0812. The van der Waals surface area contributed by atoms with Crippen molar-refractivity contribution in [2.45, 2.75) is 31.6 Å². The monoisotopic (exact) mass is 595 g/mol. The Labute approximate surface area is 268 Å². The number of hydrogen-bond donors (Lipinski definition) is 2. The molecule has 5 heteroatoms. The lowest BCUT2D eigenvalue weighted by atomic mass is 9.82. The normalized spacial score (nSPS) is 18.2. The zero-order chi connectivity index (χ0) is 30.8. The van der Waals surface area contributed by atoms with Crippen molar-refractivity contribution in [3.05, 3.63) is 167 Å². The summed E-state index contributed by atoms with van der Waals surface area (Å²) in [6, 6.07) is 47.4. The largest absolute Gasteiger partial charge is 0.350 e. The van der Waals surface area contributed by atoms with Crippen molar-refractivity contribution in [1.29, 1.82) is 0 Å². The van der Waals surface area contributed by atoms with Crippen LogP contribution in [0.3, 0.4) is 0 Å². The fourth-order valence-corrected chi connectivity index (χ4v) is 7.40. The Hall–Kier alpha value is -5.52. The second-order valence-corrected chi connectivity index (χ2v) is 12.8. The lowest BCUT2D eigenvalue weighted by molar-refractivity contribution is 0.409. The van der Waals surface area contributed by atoms with E-state index >= 15 is 0 Å². The lowest BCUT2D eigenvalue weighted by Gasteiger charge is -2.32. The molecular weight excluding hydrogens is 562 g/mol. The van der Waals surface area contributed by atoms with E-state index in [1.54, 1.807) is 0 Å². The molecule has 5 nitrogen and oxygen atoms in total. The molecule has 2 atom stereocenters. The molecule has 5 aromatic carbocycles. The summed E-state index contributed by atoms with van der Waals surface area (Å²) in [4.78, 5) is 10.2. The van der Waals surface area contributed by atoms with Gasteiger partial charge >= 0.3 is 0 Å². The van der Waals surface area contributed by atoms with E-state index in [2.05, 4.69) is 150 Å². The first-order valence-electron chi connectivity index (χ1n) is 15.9. The van der Waals surface area contributed by atoms with Crippen LogP contribution in [0.5, 0.6) is 0 Å². The number of para-hydroxylation sites is 1. The van der Waals surface area contributed by atoms with Gasteiger partial charge in [-0.1, -0.05) is 117 Å². The molecule has 0 saturated carbocycles. The molecule has 0 spiro atoms. The number of fused-ring (bicyclic) bond motifs is 6. The SMILES string of the molecule is CC1(C)c2ccccc2-c2cc3c4ccccc4n(-c4ccc(C5=NC(c6ccccc6)NC(c6ccccc6)N5)cn4)c3cc21. The van der Waals surface area contributed by atoms with E-state index in [9.17, 15) is 0 Å². The molecule has 2 aromatic heterocycles. The first-order valence-corrected chi connectivity index (χ1v) is 15.9. The lowest BCUT2D eigenvalue weighted by Crippen LogP contribution is -2.45. The molecular formula is C41H33N5. The van der Waals surface area contributed by atoms with Gasteiger partial charge in [0.25, 0.3) is 0 Å². The fourth-order valence-electron chi connectivity index (χ4n) is 7.40. The number of pyridine rings is 1. The first kappa shape index (κ1) is 26.8. The molecule has 7 aromatic rings. The second-order valence-electron chi connectivity index (χ2n) is 12.8. The van der Waals surface area contributed by atoms with Gasteiger partial charge in [-0.25, -0.2) is 9.98 Å². The van der Waals surface area contributed by atoms with Crippen molar-refractivity contribution in [2.24, 2.45) is 4.99 Å². The summed E-state index contributed by atoms with van der Waals surface area (Å²) < 4.78 is 2.31. The zero-order valence-corrected chi connectivity index (χ0v) is 25.8. The molecule has 46 heavy (non-hydrogen) atoms. The van der Waals surface area contributed by atoms with Crippen LogP contribution in [0.25, 0.3) is 38.8 Å². The molecule has 0 saturated heterocycles. The highest BCUT2D eigenvalue weighted by Crippen LogP contribution is 2.50. The summed E-state index contributed by atoms with van der Waals surface area (Å²) in [5.41, 5.74) is 10.9. The molecule has 9 rings (SSSR count). The smallest absolute Gasteiger partial charge is 0.137 e. The van der Waals surface area contributed by atoms with E-state index in [-0.39, 0.29) is 17.7 Å². The molecule has 1 aliphatic carbocycles. The van der Waals surface area contributed by atoms with Gasteiger partial charge in [-0.05, 0) is 63.7 Å². The van der Waals surface area contributed by atoms with Crippen molar-refractivity contribution in [3.8, 4) is 16.9 Å². The molecule has 2 aliphatic rings. The van der Waals surface area contributed by atoms with Crippen LogP contribution in [-0.2, 0) is 5.41 Å². The van der Waals surface area contributed by atoms with Gasteiger partial charge in [-0.2, -0.15) is 0 Å². The van der Waals surface area contributed by atoms with Crippen molar-refractivity contribution >= 4 is 27.6 Å². The molecule has 1 aliphatic heterocycles. The predicted octanol–water partition coefficient (Wildman–Crippen LogP) is 8.82. The third-order valence-electron chi connectivity index (χ3n) is 9.74. The van der Waals surface area contributed by atoms with Crippen LogP contribution in [0.1, 0.15) is 54.0 Å². The van der Waals surface area contributed by atoms with Gasteiger partial charge in [0.1, 0.15) is 24.0 Å². The number of hydrogen-bond acceptors (Lipinski definition) is 4. The third-order valence-corrected chi connectivity index (χ3v) is 9.74. The van der Waals surface area contributed by atoms with Gasteiger partial charge in [0.2, 0.25) is 0 Å². The zero-order valence-electron chi connectivity index (χ0n) is 25.8. The van der Waals surface area contributed by atoms with Crippen LogP contribution >= 0.6 is 0 Å². The summed E-state index contributed by atoms with van der Waals surface area (Å²) >= 11 is 0. The van der Waals surface area contributed by atoms with Gasteiger partial charge < -0.3 is 5.32 Å². The molecule has 0 amide bonds. The van der Waals surface area contributed by atoms with Crippen LogP contribution < -0.4 is 10.6 Å². The average Bonchev–Trinajstić information content (AvgIpc) is 3.56. The van der Waals surface area contributed by atoms with Gasteiger partial charge in [0.05, 0.1) is 11.0 Å². The predicted molar refractivity (Wildman–Crippen MR) is 187 cm³/mol. The number of amidine groups is 1. The van der Waals surface area contributed by atoms with E-state index in [1.807, 2.05) is 18.3 Å². The minimum Gasteiger partial charge on any atom is -0.350 e. The Kier molecular flexibility index (Phi) is 5.99. The summed E-state index contributed by atoms with van der Waals surface area (Å²) in [5, 5.41) is 9.78. The summed E-state index contributed by atoms with van der Waals surface area (Å²) in [7, 11) is 0. The molecule has 3 heterocycles. The molecule has 2 unspecified atom stereocenters. The summed E-state index contributed by atoms with van der Waals surface area (Å²) in [5.74, 6) is 1.71. The number of aliphatic imine (C=N–C) groups is 1. The van der Waals surface area contributed by atoms with E-state index < -0.39 is 0 Å². The van der Waals surface area contributed by atoms with Gasteiger partial charge in [0.15, 0.2) is 0 Å². The van der Waals surface area contributed by atoms with Crippen LogP contribution in [-0.4, -0.2) is 15.4 Å². The van der Waals surface area contributed by atoms with Crippen LogP contribution in [0.2, 0.25) is 0 Å². The highest BCUT2D eigenvalue weighted by Gasteiger charge is 2.36. The van der Waals surface area contributed by atoms with Crippen molar-refractivity contribution < 1.29 is 0 Å². The number of benzene rings is 5. The Morgan fingerprint density at radius 1 is 0.630 bits per heavy atom. The van der Waals surface area contributed by atoms with E-state index in [4.69, 9.17) is 9.98 Å². The molecule has 222 valence electrons. The van der Waals surface area contributed by atoms with Crippen LogP contribution in [0.4, 0.5) is 0 Å². The quantitative estimate of drug-likeness (QED) is 0.214. The Balaban J connectivity index is 1.16. The number of nitrogens with one attached hydrogen (secondary N) is 2. The maximum Gasteiger partial charge on any atom is 0.137 e. The topological polar surface area (TPSA) is 54.2 Å². The maximum absolute atomic E-state index is 5.11. The first-order chi connectivity index (χ1) is 22.6. The van der Waals surface area contributed by atoms with Crippen LogP contribution in [0, 0.1) is 0 Å². The average molecular weight is 596 g/mol. The van der Waals surface area contributed by atoms with Crippen molar-refractivity contribution in [1.82, 2.24) is 20.2 Å². The third kappa shape index (κ3) is 4.12. The molecule has 0 fully saturated rings. The number of nitrogens with zero attached hydrogens (tertiary/aromatic N) is 3. The van der Waals surface area contributed by atoms with Gasteiger partial charge in [0, 0.05) is 27.9 Å². The van der Waals surface area contributed by atoms with E-state index in [0.717, 1.165) is 33.9 Å². The molecule has 0 radical (unpaired) electrons. The highest BCUT2D eigenvalue weighted by molar-refractivity contribution is 6.11. The Morgan fingerprint density at radius 2 is 1.35 bits per heavy atom. The minimum atomic E-state index is -0.186. The molecule has 2 N–H and O–H groups in total. The Bertz CT molecular complexity index is 2280. The van der Waals surface area contributed by atoms with Gasteiger partial charge in [-0.15, -0.1) is 0 Å². The van der Waals surface area contributed by atoms with Crippen LogP contribution in [0.15, 0.2) is 145 Å². The fraction of sp³-hybridized carbons (Fsp3) is 0.122.